The summed E-state index contributed by atoms with van der Waals surface area (Å²) >= 11 is 9.40. The van der Waals surface area contributed by atoms with E-state index in [-0.39, 0.29) is 12.5 Å². The molecule has 0 spiro atoms. The highest BCUT2D eigenvalue weighted by molar-refractivity contribution is 7.17. The molecule has 0 bridgehead atoms. The molecule has 6 aromatic rings. The Kier molecular flexibility index (Phi) is 18.1. The van der Waals surface area contributed by atoms with Crippen LogP contribution in [0.15, 0.2) is 77.1 Å². The van der Waals surface area contributed by atoms with Crippen LogP contribution in [0.2, 0.25) is 5.02 Å². The monoisotopic (exact) mass is 891 g/mol. The first kappa shape index (κ1) is 47.9. The molecule has 7 rings (SSSR count). The highest BCUT2D eigenvalue weighted by atomic mass is 35.5. The van der Waals surface area contributed by atoms with Gasteiger partial charge in [0, 0.05) is 74.3 Å². The fraction of sp³-hybridized carbons (Fsp3) is 0.380. The number of carbonyl (C=O) groups excluding carboxylic acids is 2. The molecule has 4 N–H and O–H groups in total. The van der Waals surface area contributed by atoms with Gasteiger partial charge in [-0.05, 0) is 105 Å². The van der Waals surface area contributed by atoms with Crippen LogP contribution in [-0.4, -0.2) is 47.4 Å². The zero-order valence-corrected chi connectivity index (χ0v) is 39.7. The lowest BCUT2D eigenvalue weighted by Crippen LogP contribution is -2.35. The number of fused-ring (bicyclic) bond motifs is 4. The Morgan fingerprint density at radius 1 is 0.871 bits per heavy atom. The van der Waals surface area contributed by atoms with Gasteiger partial charge in [0.25, 0.3) is 0 Å². The van der Waals surface area contributed by atoms with Gasteiger partial charge in [0.05, 0.1) is 12.3 Å². The minimum Gasteiger partial charge on any atom is -0.356 e. The van der Waals surface area contributed by atoms with Gasteiger partial charge in [0.1, 0.15) is 16.7 Å². The number of thiophene rings is 2. The first-order valence-corrected chi connectivity index (χ1v) is 23.8. The summed E-state index contributed by atoms with van der Waals surface area (Å²) in [6.45, 7) is 16.6. The number of nitrogens with one attached hydrogen (secondary N) is 4. The summed E-state index contributed by atoms with van der Waals surface area (Å²) in [6.07, 6.45) is 11.3. The number of nitrogens with zero attached hydrogens (tertiary/aromatic N) is 3. The maximum absolute atomic E-state index is 10.6. The second-order valence-electron chi connectivity index (χ2n) is 15.8. The quantitative estimate of drug-likeness (QED) is 0.0355. The van der Waals surface area contributed by atoms with E-state index < -0.39 is 0 Å². The van der Waals surface area contributed by atoms with Gasteiger partial charge in [-0.15, -0.1) is 22.7 Å². The Hall–Kier alpha value is -5.10. The van der Waals surface area contributed by atoms with Crippen LogP contribution in [-0.2, 0) is 22.7 Å². The largest absolute Gasteiger partial charge is 0.356 e. The Labute approximate surface area is 380 Å². The molecule has 0 aliphatic carbocycles. The van der Waals surface area contributed by atoms with Crippen molar-refractivity contribution in [2.45, 2.75) is 113 Å². The average molecular weight is 893 g/mol. The molecule has 328 valence electrons. The number of amides is 2. The number of carbonyl (C=O) groups is 2. The second-order valence-corrected chi connectivity index (χ2v) is 18.3. The van der Waals surface area contributed by atoms with Crippen molar-refractivity contribution in [2.75, 3.05) is 18.0 Å². The number of aromatic nitrogens is 1. The number of rotatable bonds is 15. The third-order valence-electron chi connectivity index (χ3n) is 11.0. The third-order valence-corrected chi connectivity index (χ3v) is 13.5. The van der Waals surface area contributed by atoms with E-state index in [9.17, 15) is 9.59 Å². The Bertz CT molecular complexity index is 2510. The van der Waals surface area contributed by atoms with Crippen LogP contribution in [0.4, 0.5) is 5.00 Å². The molecular formula is C50H62ClN7O2S2. The zero-order valence-electron chi connectivity index (χ0n) is 37.3. The van der Waals surface area contributed by atoms with Gasteiger partial charge < -0.3 is 15.2 Å². The number of hydrogen-bond donors (Lipinski definition) is 4. The van der Waals surface area contributed by atoms with E-state index in [1.165, 1.54) is 87.6 Å². The summed E-state index contributed by atoms with van der Waals surface area (Å²) in [5, 5.41) is 28.2. The Morgan fingerprint density at radius 2 is 1.56 bits per heavy atom. The van der Waals surface area contributed by atoms with Crippen LogP contribution in [0.25, 0.3) is 32.2 Å². The fourth-order valence-corrected chi connectivity index (χ4v) is 9.95. The van der Waals surface area contributed by atoms with Crippen molar-refractivity contribution < 1.29 is 9.59 Å². The van der Waals surface area contributed by atoms with Crippen molar-refractivity contribution >= 4 is 90.8 Å². The normalized spacial score (nSPS) is 12.2. The maximum atomic E-state index is 10.6. The number of halogens is 1. The summed E-state index contributed by atoms with van der Waals surface area (Å²) in [5.74, 6) is 0.752. The van der Waals surface area contributed by atoms with E-state index in [0.29, 0.717) is 23.2 Å². The fourth-order valence-electron chi connectivity index (χ4n) is 7.69. The van der Waals surface area contributed by atoms with Crippen LogP contribution < -0.4 is 15.5 Å². The van der Waals surface area contributed by atoms with E-state index in [1.54, 1.807) is 41.4 Å². The number of anilines is 1. The smallest absolute Gasteiger partial charge is 0.216 e. The molecule has 1 aliphatic heterocycles. The molecule has 9 nitrogen and oxygen atoms in total. The third kappa shape index (κ3) is 12.3. The average Bonchev–Trinajstić information content (AvgIpc) is 3.88. The summed E-state index contributed by atoms with van der Waals surface area (Å²) in [4.78, 5) is 29.9. The molecule has 0 fully saturated rings. The lowest BCUT2D eigenvalue weighted by atomic mass is 10.00. The SMILES string of the molecule is CC(=N)N1C(=N)CN=C(c2ccc(Cl)cc2)c2c1sc(C)c2C.CCCCCCCCCCNC(C)=O.CCn1c2ccc(CNC=O)cc2c2ccc(-c3cc(C)cs3)cc21. The molecule has 3 aromatic carbocycles. The topological polar surface area (TPSA) is 126 Å². The predicted octanol–water partition coefficient (Wildman–Crippen LogP) is 13.0. The van der Waals surface area contributed by atoms with Gasteiger partial charge in [-0.1, -0.05) is 93.8 Å². The maximum Gasteiger partial charge on any atom is 0.216 e. The summed E-state index contributed by atoms with van der Waals surface area (Å²) in [7, 11) is 0. The molecule has 1 aliphatic rings. The second kappa shape index (κ2) is 23.4. The van der Waals surface area contributed by atoms with Crippen LogP contribution in [0, 0.1) is 31.6 Å². The lowest BCUT2D eigenvalue weighted by molar-refractivity contribution is -0.119. The van der Waals surface area contributed by atoms with Gasteiger partial charge in [-0.25, -0.2) is 0 Å². The molecule has 4 heterocycles. The Morgan fingerprint density at radius 3 is 2.19 bits per heavy atom. The standard InChI is InChI=1S/C21H20N2OS.C17H17ClN4S.C12H25NO/c1-3-23-19-7-4-15(11-22-13-24)9-18(19)17-6-5-16(10-20(17)23)21-8-14(2)12-25-21;1-9-10(2)23-17-15(9)16(12-4-6-13(18)7-5-12)21-8-14(20)22(17)11(3)19;1-3-4-5-6-7-8-9-10-11-13-12(2)14/h4-10,12-13H,3,11H2,1-2H3,(H,22,24);4-7,19-20H,8H2,1-3H3;3-11H2,1-2H3,(H,13,14). The summed E-state index contributed by atoms with van der Waals surface area (Å²) in [6, 6.07) is 23.0. The molecule has 0 unspecified atom stereocenters. The molecule has 12 heteroatoms. The number of aryl methyl sites for hydroxylation is 3. The number of aliphatic imine (C=N–C) groups is 1. The van der Waals surface area contributed by atoms with Gasteiger partial charge in [-0.3, -0.25) is 30.3 Å². The van der Waals surface area contributed by atoms with Gasteiger partial charge >= 0.3 is 0 Å². The molecule has 0 saturated heterocycles. The first-order valence-electron chi connectivity index (χ1n) is 21.7. The first-order chi connectivity index (χ1) is 29.9. The molecule has 3 aromatic heterocycles. The number of amidine groups is 2. The molecule has 0 radical (unpaired) electrons. The van der Waals surface area contributed by atoms with E-state index >= 15 is 0 Å². The molecule has 0 saturated carbocycles. The number of benzene rings is 3. The number of hydrogen-bond acceptors (Lipinski definition) is 7. The highest BCUT2D eigenvalue weighted by Crippen LogP contribution is 2.39. The van der Waals surface area contributed by atoms with Gasteiger partial charge in [0.2, 0.25) is 12.3 Å². The molecule has 2 amide bonds. The van der Waals surface area contributed by atoms with Crippen molar-refractivity contribution in [1.29, 1.82) is 10.8 Å². The molecule has 0 atom stereocenters. The summed E-state index contributed by atoms with van der Waals surface area (Å²) in [5.41, 5.74) is 10.2. The van der Waals surface area contributed by atoms with E-state index in [1.807, 2.05) is 24.3 Å². The van der Waals surface area contributed by atoms with Gasteiger partial charge in [-0.2, -0.15) is 0 Å². The van der Waals surface area contributed by atoms with Crippen molar-refractivity contribution in [3.63, 3.8) is 0 Å². The molecular weight excluding hydrogens is 830 g/mol. The van der Waals surface area contributed by atoms with E-state index in [2.05, 4.69) is 103 Å². The Balaban J connectivity index is 0.000000184. The lowest BCUT2D eigenvalue weighted by Gasteiger charge is -2.21. The molecule has 62 heavy (non-hydrogen) atoms. The van der Waals surface area contributed by atoms with E-state index in [4.69, 9.17) is 22.4 Å². The van der Waals surface area contributed by atoms with Crippen LogP contribution in [0.3, 0.4) is 0 Å². The van der Waals surface area contributed by atoms with Gasteiger partial charge in [0.15, 0.2) is 0 Å². The van der Waals surface area contributed by atoms with Crippen molar-refractivity contribution in [2.24, 2.45) is 4.99 Å². The minimum atomic E-state index is 0.0907. The van der Waals surface area contributed by atoms with Crippen molar-refractivity contribution in [1.82, 2.24) is 15.2 Å². The minimum absolute atomic E-state index is 0.0907. The van der Waals surface area contributed by atoms with E-state index in [0.717, 1.165) is 58.9 Å². The predicted molar refractivity (Wildman–Crippen MR) is 267 cm³/mol. The van der Waals surface area contributed by atoms with Crippen molar-refractivity contribution in [3.8, 4) is 10.4 Å². The van der Waals surface area contributed by atoms with Crippen LogP contribution in [0.1, 0.15) is 112 Å². The summed E-state index contributed by atoms with van der Waals surface area (Å²) < 4.78 is 2.37. The zero-order chi connectivity index (χ0) is 44.8. The van der Waals surface area contributed by atoms with Crippen LogP contribution >= 0.6 is 34.3 Å². The number of unbranched alkanes of at least 4 members (excludes halogenated alkanes) is 7. The van der Waals surface area contributed by atoms with Crippen molar-refractivity contribution in [3.05, 3.63) is 110 Å². The highest BCUT2D eigenvalue weighted by Gasteiger charge is 2.29. The van der Waals surface area contributed by atoms with Crippen LogP contribution in [0.5, 0.6) is 0 Å².